The highest BCUT2D eigenvalue weighted by Crippen LogP contribution is 2.21. The van der Waals surface area contributed by atoms with E-state index in [1.165, 1.54) is 12.8 Å². The fourth-order valence-electron chi connectivity index (χ4n) is 2.66. The summed E-state index contributed by atoms with van der Waals surface area (Å²) < 4.78 is 14.0. The van der Waals surface area contributed by atoms with Gasteiger partial charge in [-0.25, -0.2) is 4.39 Å². The molecule has 1 nitrogen and oxygen atoms in total. The third kappa shape index (κ3) is 5.80. The number of nitrogens with one attached hydrogen (secondary N) is 1. The summed E-state index contributed by atoms with van der Waals surface area (Å²) in [5.74, 6) is 0.400. The summed E-state index contributed by atoms with van der Waals surface area (Å²) in [6.07, 6.45) is 5.31. The molecule has 2 atom stereocenters. The third-order valence-electron chi connectivity index (χ3n) is 3.65. The molecule has 0 aliphatic carbocycles. The maximum absolute atomic E-state index is 14.0. The van der Waals surface area contributed by atoms with E-state index in [0.29, 0.717) is 18.4 Å². The number of halogens is 2. The van der Waals surface area contributed by atoms with Gasteiger partial charge >= 0.3 is 0 Å². The molecule has 0 saturated heterocycles. The van der Waals surface area contributed by atoms with Crippen molar-refractivity contribution in [3.8, 4) is 0 Å². The van der Waals surface area contributed by atoms with Crippen LogP contribution >= 0.6 is 11.6 Å². The van der Waals surface area contributed by atoms with Crippen molar-refractivity contribution in [2.24, 2.45) is 5.92 Å². The van der Waals surface area contributed by atoms with Crippen LogP contribution < -0.4 is 5.32 Å². The maximum atomic E-state index is 14.0. The number of benzene rings is 1. The van der Waals surface area contributed by atoms with Crippen LogP contribution in [0.25, 0.3) is 0 Å². The maximum Gasteiger partial charge on any atom is 0.145 e. The molecule has 0 aliphatic rings. The molecule has 0 aromatic heterocycles. The van der Waals surface area contributed by atoms with Gasteiger partial charge in [0.2, 0.25) is 0 Å². The topological polar surface area (TPSA) is 12.0 Å². The van der Waals surface area contributed by atoms with Gasteiger partial charge in [0.25, 0.3) is 0 Å². The van der Waals surface area contributed by atoms with Crippen molar-refractivity contribution < 1.29 is 4.39 Å². The Hall–Kier alpha value is -0.600. The van der Waals surface area contributed by atoms with Gasteiger partial charge in [-0.1, -0.05) is 57.3 Å². The quantitative estimate of drug-likeness (QED) is 0.659. The normalized spacial score (nSPS) is 14.2. The molecular weight excluding hydrogens is 273 g/mol. The van der Waals surface area contributed by atoms with E-state index in [0.717, 1.165) is 24.9 Å². The minimum absolute atomic E-state index is 0.221. The van der Waals surface area contributed by atoms with Crippen LogP contribution in [-0.2, 0) is 6.42 Å². The second-order valence-corrected chi connectivity index (χ2v) is 6.10. The average Bonchev–Trinajstić information content (AvgIpc) is 2.41. The van der Waals surface area contributed by atoms with Crippen molar-refractivity contribution >= 4 is 11.6 Å². The minimum atomic E-state index is -0.263. The summed E-state index contributed by atoms with van der Waals surface area (Å²) in [5.41, 5.74) is 0.717. The Kier molecular flexibility index (Phi) is 8.16. The van der Waals surface area contributed by atoms with E-state index in [2.05, 4.69) is 26.1 Å². The third-order valence-corrected chi connectivity index (χ3v) is 3.94. The molecule has 0 fully saturated rings. The SMILES string of the molecule is CCCNC(Cc1cccc(Cl)c1F)CC(C)CCC. The standard InChI is InChI=1S/C17H27ClFN/c1-4-7-13(3)11-15(20-10-5-2)12-14-8-6-9-16(18)17(14)19/h6,8-9,13,15,20H,4-5,7,10-12H2,1-3H3. The van der Waals surface area contributed by atoms with Gasteiger partial charge in [-0.2, -0.15) is 0 Å². The van der Waals surface area contributed by atoms with E-state index in [4.69, 9.17) is 11.6 Å². The number of hydrogen-bond acceptors (Lipinski definition) is 1. The highest BCUT2D eigenvalue weighted by molar-refractivity contribution is 6.30. The van der Waals surface area contributed by atoms with Crippen molar-refractivity contribution in [2.75, 3.05) is 6.54 Å². The van der Waals surface area contributed by atoms with E-state index in [1.807, 2.05) is 12.1 Å². The molecule has 0 bridgehead atoms. The fourth-order valence-corrected chi connectivity index (χ4v) is 2.85. The largest absolute Gasteiger partial charge is 0.314 e. The Labute approximate surface area is 127 Å². The summed E-state index contributed by atoms with van der Waals surface area (Å²) in [5, 5.41) is 3.76. The summed E-state index contributed by atoms with van der Waals surface area (Å²) >= 11 is 5.86. The Morgan fingerprint density at radius 2 is 2.00 bits per heavy atom. The van der Waals surface area contributed by atoms with Gasteiger partial charge < -0.3 is 5.32 Å². The van der Waals surface area contributed by atoms with Crippen LogP contribution in [0.5, 0.6) is 0 Å². The smallest absolute Gasteiger partial charge is 0.145 e. The molecule has 0 spiro atoms. The molecule has 0 radical (unpaired) electrons. The molecule has 1 aromatic rings. The zero-order chi connectivity index (χ0) is 15.0. The molecule has 1 rings (SSSR count). The van der Waals surface area contributed by atoms with Gasteiger partial charge in [0.15, 0.2) is 0 Å². The van der Waals surface area contributed by atoms with E-state index in [9.17, 15) is 4.39 Å². The lowest BCUT2D eigenvalue weighted by molar-refractivity contribution is 0.377. The molecule has 0 aliphatic heterocycles. The molecule has 1 aromatic carbocycles. The lowest BCUT2D eigenvalue weighted by Gasteiger charge is -2.22. The first-order valence-corrected chi connectivity index (χ1v) is 8.12. The van der Waals surface area contributed by atoms with Crippen molar-refractivity contribution in [1.29, 1.82) is 0 Å². The molecule has 0 amide bonds. The van der Waals surface area contributed by atoms with Gasteiger partial charge in [-0.05, 0) is 43.4 Å². The van der Waals surface area contributed by atoms with Crippen LogP contribution in [0.1, 0.15) is 52.0 Å². The van der Waals surface area contributed by atoms with Gasteiger partial charge in [-0.15, -0.1) is 0 Å². The molecule has 1 N–H and O–H groups in total. The number of rotatable bonds is 9. The second kappa shape index (κ2) is 9.36. The molecule has 3 heteroatoms. The van der Waals surface area contributed by atoms with E-state index >= 15 is 0 Å². The Morgan fingerprint density at radius 3 is 2.65 bits per heavy atom. The lowest BCUT2D eigenvalue weighted by atomic mass is 9.93. The molecule has 0 heterocycles. The van der Waals surface area contributed by atoms with Crippen molar-refractivity contribution in [2.45, 2.75) is 58.9 Å². The zero-order valence-corrected chi connectivity index (χ0v) is 13.6. The summed E-state index contributed by atoms with van der Waals surface area (Å²) in [4.78, 5) is 0. The van der Waals surface area contributed by atoms with Crippen LogP contribution in [0.2, 0.25) is 5.02 Å². The highest BCUT2D eigenvalue weighted by atomic mass is 35.5. The molecule has 114 valence electrons. The van der Waals surface area contributed by atoms with Crippen LogP contribution in [0, 0.1) is 11.7 Å². The van der Waals surface area contributed by atoms with Gasteiger partial charge in [0.1, 0.15) is 5.82 Å². The van der Waals surface area contributed by atoms with Crippen LogP contribution in [-0.4, -0.2) is 12.6 Å². The van der Waals surface area contributed by atoms with Gasteiger partial charge in [-0.3, -0.25) is 0 Å². The van der Waals surface area contributed by atoms with Crippen molar-refractivity contribution in [3.63, 3.8) is 0 Å². The summed E-state index contributed by atoms with van der Waals surface area (Å²) in [6, 6.07) is 5.60. The van der Waals surface area contributed by atoms with Crippen LogP contribution in [0.15, 0.2) is 18.2 Å². The Bertz CT molecular complexity index is 395. The lowest BCUT2D eigenvalue weighted by Crippen LogP contribution is -2.33. The molecule has 0 saturated carbocycles. The van der Waals surface area contributed by atoms with E-state index in [1.54, 1.807) is 6.07 Å². The predicted octanol–water partition coefficient (Wildman–Crippen LogP) is 5.22. The molecular formula is C17H27ClFN. The van der Waals surface area contributed by atoms with Crippen molar-refractivity contribution in [3.05, 3.63) is 34.6 Å². The molecule has 20 heavy (non-hydrogen) atoms. The van der Waals surface area contributed by atoms with E-state index < -0.39 is 0 Å². The van der Waals surface area contributed by atoms with Crippen LogP contribution in [0.4, 0.5) is 4.39 Å². The van der Waals surface area contributed by atoms with Crippen LogP contribution in [0.3, 0.4) is 0 Å². The number of hydrogen-bond donors (Lipinski definition) is 1. The first kappa shape index (κ1) is 17.5. The first-order valence-electron chi connectivity index (χ1n) is 7.74. The van der Waals surface area contributed by atoms with Crippen molar-refractivity contribution in [1.82, 2.24) is 5.32 Å². The first-order chi connectivity index (χ1) is 9.58. The van der Waals surface area contributed by atoms with Gasteiger partial charge in [0, 0.05) is 6.04 Å². The highest BCUT2D eigenvalue weighted by Gasteiger charge is 2.16. The van der Waals surface area contributed by atoms with Gasteiger partial charge in [0.05, 0.1) is 5.02 Å². The average molecular weight is 300 g/mol. The van der Waals surface area contributed by atoms with E-state index in [-0.39, 0.29) is 10.8 Å². The summed E-state index contributed by atoms with van der Waals surface area (Å²) in [6.45, 7) is 7.62. The fraction of sp³-hybridized carbons (Fsp3) is 0.647. The summed E-state index contributed by atoms with van der Waals surface area (Å²) in [7, 11) is 0. The second-order valence-electron chi connectivity index (χ2n) is 5.70. The Balaban J connectivity index is 2.70. The molecule has 2 unspecified atom stereocenters. The zero-order valence-electron chi connectivity index (χ0n) is 12.9. The monoisotopic (exact) mass is 299 g/mol. The predicted molar refractivity (Wildman–Crippen MR) is 85.9 cm³/mol. The Morgan fingerprint density at radius 1 is 1.25 bits per heavy atom. The minimum Gasteiger partial charge on any atom is -0.314 e.